The number of amides is 2. The van der Waals surface area contributed by atoms with Gasteiger partial charge in [-0.25, -0.2) is 9.78 Å². The van der Waals surface area contributed by atoms with Crippen molar-refractivity contribution in [2.75, 3.05) is 10.6 Å². The van der Waals surface area contributed by atoms with Crippen molar-refractivity contribution in [2.45, 2.75) is 26.2 Å². The highest BCUT2D eigenvalue weighted by Gasteiger charge is 2.13. The number of aromatic nitrogens is 1. The molecule has 0 radical (unpaired) electrons. The Labute approximate surface area is 127 Å². The van der Waals surface area contributed by atoms with Gasteiger partial charge in [-0.3, -0.25) is 5.32 Å². The molecule has 1 heterocycles. The molecule has 0 spiro atoms. The fraction of sp³-hybridized carbons (Fsp3) is 0.267. The molecule has 21 heavy (non-hydrogen) atoms. The van der Waals surface area contributed by atoms with Crippen LogP contribution in [-0.4, -0.2) is 11.0 Å². The lowest BCUT2D eigenvalue weighted by Gasteiger charge is -2.19. The van der Waals surface area contributed by atoms with Gasteiger partial charge in [-0.1, -0.05) is 44.2 Å². The maximum Gasteiger partial charge on any atom is 0.325 e. The van der Waals surface area contributed by atoms with Crippen LogP contribution < -0.4 is 10.6 Å². The Morgan fingerprint density at radius 3 is 2.43 bits per heavy atom. The first-order valence-electron chi connectivity index (χ1n) is 6.43. The molecule has 2 rings (SSSR count). The molecule has 0 fully saturated rings. The van der Waals surface area contributed by atoms with E-state index < -0.39 is 0 Å². The molecule has 2 aromatic rings. The quantitative estimate of drug-likeness (QED) is 0.881. The number of thiazole rings is 1. The first-order chi connectivity index (χ1) is 9.88. The smallest absolute Gasteiger partial charge is 0.308 e. The van der Waals surface area contributed by atoms with Gasteiger partial charge in [0.05, 0.1) is 6.20 Å². The first kappa shape index (κ1) is 15.0. The molecule has 0 bridgehead atoms. The summed E-state index contributed by atoms with van der Waals surface area (Å²) in [7, 11) is 0. The Morgan fingerprint density at radius 1 is 1.24 bits per heavy atom. The second kappa shape index (κ2) is 5.94. The topological polar surface area (TPSA) is 77.8 Å². The van der Waals surface area contributed by atoms with Crippen molar-refractivity contribution in [3.8, 4) is 6.07 Å². The van der Waals surface area contributed by atoms with E-state index in [1.54, 1.807) is 0 Å². The summed E-state index contributed by atoms with van der Waals surface area (Å²) in [5.74, 6) is 0. The van der Waals surface area contributed by atoms with Gasteiger partial charge >= 0.3 is 6.03 Å². The number of urea groups is 1. The number of nitrogens with one attached hydrogen (secondary N) is 2. The minimum Gasteiger partial charge on any atom is -0.308 e. The van der Waals surface area contributed by atoms with Crippen molar-refractivity contribution >= 4 is 28.2 Å². The third-order valence-corrected chi connectivity index (χ3v) is 3.66. The lowest BCUT2D eigenvalue weighted by Crippen LogP contribution is -2.19. The Bertz CT molecular complexity index is 677. The predicted molar refractivity (Wildman–Crippen MR) is 84.6 cm³/mol. The number of carbonyl (C=O) groups excluding carboxylic acids is 1. The van der Waals surface area contributed by atoms with Gasteiger partial charge < -0.3 is 5.32 Å². The molecule has 108 valence electrons. The van der Waals surface area contributed by atoms with E-state index in [0.717, 1.165) is 11.3 Å². The Morgan fingerprint density at radius 2 is 1.90 bits per heavy atom. The Kier molecular flexibility index (Phi) is 4.24. The molecule has 0 saturated heterocycles. The van der Waals surface area contributed by atoms with E-state index in [1.165, 1.54) is 11.8 Å². The normalized spacial score (nSPS) is 10.8. The maximum atomic E-state index is 11.8. The van der Waals surface area contributed by atoms with Crippen LogP contribution >= 0.6 is 11.3 Å². The molecule has 2 amide bonds. The lowest BCUT2D eigenvalue weighted by atomic mass is 9.87. The average Bonchev–Trinajstić information content (AvgIpc) is 2.85. The van der Waals surface area contributed by atoms with Crippen LogP contribution in [0.15, 0.2) is 30.5 Å². The van der Waals surface area contributed by atoms with Crippen molar-refractivity contribution < 1.29 is 4.79 Å². The SMILES string of the molecule is CC(C)(C)c1ccc(NC(=O)Nc2ncc(C#N)s2)cc1. The standard InChI is InChI=1S/C15H16N4OS/c1-15(2,3)10-4-6-11(7-5-10)18-13(20)19-14-17-9-12(8-16)21-14/h4-7,9H,1-3H3,(H2,17,18,19,20). The highest BCUT2D eigenvalue weighted by atomic mass is 32.1. The predicted octanol–water partition coefficient (Wildman–Crippen LogP) is 3.96. The summed E-state index contributed by atoms with van der Waals surface area (Å²) in [4.78, 5) is 16.2. The summed E-state index contributed by atoms with van der Waals surface area (Å²) in [6.45, 7) is 6.41. The molecule has 1 aromatic heterocycles. The summed E-state index contributed by atoms with van der Waals surface area (Å²) in [6, 6.07) is 9.31. The van der Waals surface area contributed by atoms with Crippen molar-refractivity contribution in [2.24, 2.45) is 0 Å². The molecule has 6 heteroatoms. The number of nitrogens with zero attached hydrogens (tertiary/aromatic N) is 2. The van der Waals surface area contributed by atoms with E-state index in [4.69, 9.17) is 5.26 Å². The van der Waals surface area contributed by atoms with E-state index in [-0.39, 0.29) is 11.4 Å². The minimum absolute atomic E-state index is 0.0787. The monoisotopic (exact) mass is 300 g/mol. The summed E-state index contributed by atoms with van der Waals surface area (Å²) < 4.78 is 0. The Hall–Kier alpha value is -2.39. The van der Waals surface area contributed by atoms with Gasteiger partial charge in [0.25, 0.3) is 0 Å². The molecule has 0 saturated carbocycles. The van der Waals surface area contributed by atoms with Crippen molar-refractivity contribution in [1.82, 2.24) is 4.98 Å². The van der Waals surface area contributed by atoms with Crippen LogP contribution in [-0.2, 0) is 5.41 Å². The zero-order chi connectivity index (χ0) is 15.5. The minimum atomic E-state index is -0.377. The molecule has 0 aliphatic carbocycles. The van der Waals surface area contributed by atoms with E-state index in [9.17, 15) is 4.79 Å². The zero-order valence-corrected chi connectivity index (χ0v) is 12.9. The molecule has 0 aliphatic rings. The van der Waals surface area contributed by atoms with Crippen molar-refractivity contribution in [3.05, 3.63) is 40.9 Å². The van der Waals surface area contributed by atoms with Crippen LogP contribution in [0.3, 0.4) is 0 Å². The number of hydrogen-bond donors (Lipinski definition) is 2. The van der Waals surface area contributed by atoms with E-state index in [2.05, 4.69) is 36.4 Å². The summed E-state index contributed by atoms with van der Waals surface area (Å²) >= 11 is 1.13. The van der Waals surface area contributed by atoms with E-state index in [1.807, 2.05) is 30.3 Å². The van der Waals surface area contributed by atoms with Crippen LogP contribution in [0.4, 0.5) is 15.6 Å². The zero-order valence-electron chi connectivity index (χ0n) is 12.1. The molecule has 5 nitrogen and oxygen atoms in total. The molecular formula is C15H16N4OS. The third kappa shape index (κ3) is 4.04. The number of benzene rings is 1. The van der Waals surface area contributed by atoms with Gasteiger partial charge in [0, 0.05) is 5.69 Å². The van der Waals surface area contributed by atoms with Crippen LogP contribution in [0.1, 0.15) is 31.2 Å². The summed E-state index contributed by atoms with van der Waals surface area (Å²) in [6.07, 6.45) is 1.43. The number of nitriles is 1. The Balaban J connectivity index is 1.98. The van der Waals surface area contributed by atoms with Crippen LogP contribution in [0.5, 0.6) is 0 Å². The number of anilines is 2. The number of rotatable bonds is 2. The average molecular weight is 300 g/mol. The van der Waals surface area contributed by atoms with Crippen LogP contribution in [0.2, 0.25) is 0 Å². The highest BCUT2D eigenvalue weighted by molar-refractivity contribution is 7.16. The number of hydrogen-bond acceptors (Lipinski definition) is 4. The largest absolute Gasteiger partial charge is 0.325 e. The molecule has 0 unspecified atom stereocenters. The van der Waals surface area contributed by atoms with E-state index in [0.29, 0.717) is 15.7 Å². The first-order valence-corrected chi connectivity index (χ1v) is 7.24. The van der Waals surface area contributed by atoms with Gasteiger partial charge in [-0.2, -0.15) is 5.26 Å². The van der Waals surface area contributed by atoms with Gasteiger partial charge in [-0.15, -0.1) is 0 Å². The van der Waals surface area contributed by atoms with Crippen LogP contribution in [0.25, 0.3) is 0 Å². The van der Waals surface area contributed by atoms with Gasteiger partial charge in [0.1, 0.15) is 10.9 Å². The van der Waals surface area contributed by atoms with Crippen LogP contribution in [0, 0.1) is 11.3 Å². The summed E-state index contributed by atoms with van der Waals surface area (Å²) in [5.41, 5.74) is 1.99. The van der Waals surface area contributed by atoms with Crippen molar-refractivity contribution in [3.63, 3.8) is 0 Å². The van der Waals surface area contributed by atoms with Gasteiger partial charge in [0.2, 0.25) is 0 Å². The maximum absolute atomic E-state index is 11.8. The summed E-state index contributed by atoms with van der Waals surface area (Å²) in [5, 5.41) is 14.4. The highest BCUT2D eigenvalue weighted by Crippen LogP contribution is 2.23. The van der Waals surface area contributed by atoms with E-state index >= 15 is 0 Å². The van der Waals surface area contributed by atoms with Gasteiger partial charge in [-0.05, 0) is 23.1 Å². The second-order valence-electron chi connectivity index (χ2n) is 5.55. The van der Waals surface area contributed by atoms with Gasteiger partial charge in [0.15, 0.2) is 5.13 Å². The molecule has 2 N–H and O–H groups in total. The fourth-order valence-corrected chi connectivity index (χ4v) is 2.31. The fourth-order valence-electron chi connectivity index (χ4n) is 1.70. The molecular weight excluding hydrogens is 284 g/mol. The third-order valence-electron chi connectivity index (χ3n) is 2.85. The molecule has 0 aliphatic heterocycles. The second-order valence-corrected chi connectivity index (χ2v) is 6.58. The molecule has 1 aromatic carbocycles. The molecule has 0 atom stereocenters. The van der Waals surface area contributed by atoms with Crippen molar-refractivity contribution in [1.29, 1.82) is 5.26 Å². The number of carbonyl (C=O) groups is 1. The lowest BCUT2D eigenvalue weighted by molar-refractivity contribution is 0.262.